The van der Waals surface area contributed by atoms with Gasteiger partial charge in [0.05, 0.1) is 11.5 Å². The molecule has 0 bridgehead atoms. The minimum atomic E-state index is -0.214. The summed E-state index contributed by atoms with van der Waals surface area (Å²) in [6.45, 7) is 1.84. The number of thioether (sulfide) groups is 1. The maximum absolute atomic E-state index is 12.1. The third-order valence-electron chi connectivity index (χ3n) is 3.86. The van der Waals surface area contributed by atoms with Gasteiger partial charge in [-0.05, 0) is 36.8 Å². The first kappa shape index (κ1) is 20.6. The molecule has 144 valence electrons. The number of halogens is 2. The number of aromatic nitrogens is 3. The second-order valence-electron chi connectivity index (χ2n) is 5.90. The molecular formula is C19H17BrClN5OS. The maximum Gasteiger partial charge on any atom is 0.250 e. The lowest BCUT2D eigenvalue weighted by Crippen LogP contribution is -2.21. The van der Waals surface area contributed by atoms with Crippen LogP contribution in [0.3, 0.4) is 0 Å². The highest BCUT2D eigenvalue weighted by atomic mass is 79.9. The van der Waals surface area contributed by atoms with Crippen molar-refractivity contribution < 1.29 is 4.79 Å². The monoisotopic (exact) mass is 477 g/mol. The molecule has 6 nitrogen and oxygen atoms in total. The molecule has 0 atom stereocenters. The summed E-state index contributed by atoms with van der Waals surface area (Å²) in [6, 6.07) is 15.1. The number of carbonyl (C=O) groups is 1. The van der Waals surface area contributed by atoms with Crippen LogP contribution >= 0.6 is 39.3 Å². The zero-order valence-corrected chi connectivity index (χ0v) is 18.3. The summed E-state index contributed by atoms with van der Waals surface area (Å²) in [4.78, 5) is 12.1. The highest BCUT2D eigenvalue weighted by molar-refractivity contribution is 9.10. The summed E-state index contributed by atoms with van der Waals surface area (Å²) >= 11 is 10.7. The predicted molar refractivity (Wildman–Crippen MR) is 117 cm³/mol. The molecule has 28 heavy (non-hydrogen) atoms. The summed E-state index contributed by atoms with van der Waals surface area (Å²) in [5.74, 6) is 0.654. The van der Waals surface area contributed by atoms with Gasteiger partial charge in [0.1, 0.15) is 0 Å². The molecule has 1 aromatic heterocycles. The molecule has 0 fully saturated rings. The van der Waals surface area contributed by atoms with Gasteiger partial charge in [-0.25, -0.2) is 5.43 Å². The van der Waals surface area contributed by atoms with Gasteiger partial charge in [-0.1, -0.05) is 63.6 Å². The Morgan fingerprint density at radius 3 is 2.71 bits per heavy atom. The van der Waals surface area contributed by atoms with Crippen molar-refractivity contribution in [3.8, 4) is 11.4 Å². The third kappa shape index (κ3) is 5.21. The summed E-state index contributed by atoms with van der Waals surface area (Å²) in [7, 11) is 1.85. The van der Waals surface area contributed by atoms with E-state index in [1.165, 1.54) is 11.8 Å². The molecule has 0 aliphatic rings. The van der Waals surface area contributed by atoms with Gasteiger partial charge < -0.3 is 4.57 Å². The van der Waals surface area contributed by atoms with E-state index in [2.05, 4.69) is 36.7 Å². The Labute approximate surface area is 180 Å². The Hall–Kier alpha value is -2.16. The van der Waals surface area contributed by atoms with Crippen LogP contribution in [0.4, 0.5) is 0 Å². The van der Waals surface area contributed by atoms with E-state index in [-0.39, 0.29) is 11.7 Å². The molecule has 0 saturated heterocycles. The van der Waals surface area contributed by atoms with Crippen molar-refractivity contribution in [2.45, 2.75) is 12.1 Å². The number of hydrazone groups is 1. The lowest BCUT2D eigenvalue weighted by Gasteiger charge is -2.05. The Morgan fingerprint density at radius 1 is 1.25 bits per heavy atom. The van der Waals surface area contributed by atoms with E-state index >= 15 is 0 Å². The fourth-order valence-electron chi connectivity index (χ4n) is 2.38. The SMILES string of the molecule is C/C(=N\NC(=O)CSc1nnc(-c2cccc(Cl)c2)n1C)c1ccc(Br)cc1. The first-order chi connectivity index (χ1) is 13.4. The van der Waals surface area contributed by atoms with Crippen molar-refractivity contribution in [1.82, 2.24) is 20.2 Å². The summed E-state index contributed by atoms with van der Waals surface area (Å²) in [6.07, 6.45) is 0. The molecule has 0 aliphatic carbocycles. The highest BCUT2D eigenvalue weighted by Gasteiger charge is 2.13. The Kier molecular flexibility index (Phi) is 6.88. The van der Waals surface area contributed by atoms with Crippen LogP contribution in [-0.2, 0) is 11.8 Å². The van der Waals surface area contributed by atoms with Gasteiger partial charge in [0.15, 0.2) is 11.0 Å². The van der Waals surface area contributed by atoms with Crippen molar-refractivity contribution >= 4 is 50.9 Å². The number of hydrogen-bond donors (Lipinski definition) is 1. The van der Waals surface area contributed by atoms with Gasteiger partial charge in [-0.15, -0.1) is 10.2 Å². The lowest BCUT2D eigenvalue weighted by atomic mass is 10.1. The number of nitrogens with one attached hydrogen (secondary N) is 1. The van der Waals surface area contributed by atoms with Crippen LogP contribution in [0.15, 0.2) is 63.3 Å². The average molecular weight is 479 g/mol. The molecule has 1 heterocycles. The second-order valence-corrected chi connectivity index (χ2v) is 8.20. The molecule has 1 amide bonds. The molecule has 0 radical (unpaired) electrons. The van der Waals surface area contributed by atoms with Gasteiger partial charge >= 0.3 is 0 Å². The van der Waals surface area contributed by atoms with Gasteiger partial charge in [0.25, 0.3) is 5.91 Å². The number of benzene rings is 2. The number of amides is 1. The van der Waals surface area contributed by atoms with Crippen LogP contribution in [0.25, 0.3) is 11.4 Å². The second kappa shape index (κ2) is 9.36. The quantitative estimate of drug-likeness (QED) is 0.321. The van der Waals surface area contributed by atoms with Crippen molar-refractivity contribution in [2.75, 3.05) is 5.75 Å². The molecule has 0 saturated carbocycles. The predicted octanol–water partition coefficient (Wildman–Crippen LogP) is 4.53. The minimum Gasteiger partial charge on any atom is -0.305 e. The number of hydrogen-bond acceptors (Lipinski definition) is 5. The zero-order chi connectivity index (χ0) is 20.1. The van der Waals surface area contributed by atoms with Crippen LogP contribution in [0.1, 0.15) is 12.5 Å². The van der Waals surface area contributed by atoms with E-state index in [4.69, 9.17) is 11.6 Å². The topological polar surface area (TPSA) is 72.2 Å². The van der Waals surface area contributed by atoms with E-state index in [0.29, 0.717) is 16.0 Å². The highest BCUT2D eigenvalue weighted by Crippen LogP contribution is 2.24. The first-order valence-corrected chi connectivity index (χ1v) is 10.5. The van der Waals surface area contributed by atoms with Crippen LogP contribution in [-0.4, -0.2) is 32.1 Å². The Morgan fingerprint density at radius 2 is 2.00 bits per heavy atom. The number of nitrogens with zero attached hydrogens (tertiary/aromatic N) is 4. The average Bonchev–Trinajstić information content (AvgIpc) is 3.05. The van der Waals surface area contributed by atoms with Crippen LogP contribution in [0.2, 0.25) is 5.02 Å². The fourth-order valence-corrected chi connectivity index (χ4v) is 3.54. The molecule has 1 N–H and O–H groups in total. The normalized spacial score (nSPS) is 11.5. The van der Waals surface area contributed by atoms with E-state index in [9.17, 15) is 4.79 Å². The van der Waals surface area contributed by atoms with E-state index in [1.54, 1.807) is 6.07 Å². The van der Waals surface area contributed by atoms with E-state index < -0.39 is 0 Å². The van der Waals surface area contributed by atoms with Crippen molar-refractivity contribution in [2.24, 2.45) is 12.1 Å². The standard InChI is InChI=1S/C19H17BrClN5OS/c1-12(13-6-8-15(20)9-7-13)22-23-17(27)11-28-19-25-24-18(26(19)2)14-4-3-5-16(21)10-14/h3-10H,11H2,1-2H3,(H,23,27)/b22-12+. The van der Waals surface area contributed by atoms with Crippen molar-refractivity contribution in [3.05, 3.63) is 63.6 Å². The van der Waals surface area contributed by atoms with Gasteiger partial charge in [0, 0.05) is 22.1 Å². The Bertz CT molecular complexity index is 1020. The Balaban J connectivity index is 1.59. The molecular weight excluding hydrogens is 462 g/mol. The fraction of sp³-hybridized carbons (Fsp3) is 0.158. The molecule has 3 rings (SSSR count). The lowest BCUT2D eigenvalue weighted by molar-refractivity contribution is -0.118. The first-order valence-electron chi connectivity index (χ1n) is 8.31. The van der Waals surface area contributed by atoms with Crippen molar-refractivity contribution in [1.29, 1.82) is 0 Å². The summed E-state index contributed by atoms with van der Waals surface area (Å²) in [5.41, 5.74) is 5.11. The van der Waals surface area contributed by atoms with Gasteiger partial charge in [-0.2, -0.15) is 5.10 Å². The molecule has 2 aromatic carbocycles. The summed E-state index contributed by atoms with van der Waals surface area (Å²) in [5, 5.41) is 13.8. The number of rotatable bonds is 6. The minimum absolute atomic E-state index is 0.179. The van der Waals surface area contributed by atoms with Crippen LogP contribution < -0.4 is 5.43 Å². The number of carbonyl (C=O) groups excluding carboxylic acids is 1. The zero-order valence-electron chi connectivity index (χ0n) is 15.2. The van der Waals surface area contributed by atoms with Crippen LogP contribution in [0, 0.1) is 0 Å². The van der Waals surface area contributed by atoms with Gasteiger partial charge in [-0.3, -0.25) is 4.79 Å². The maximum atomic E-state index is 12.1. The molecule has 0 aliphatic heterocycles. The van der Waals surface area contributed by atoms with E-state index in [1.807, 2.05) is 61.0 Å². The molecule has 9 heteroatoms. The molecule has 0 spiro atoms. The van der Waals surface area contributed by atoms with E-state index in [0.717, 1.165) is 21.3 Å². The van der Waals surface area contributed by atoms with Crippen molar-refractivity contribution in [3.63, 3.8) is 0 Å². The summed E-state index contributed by atoms with van der Waals surface area (Å²) < 4.78 is 2.82. The van der Waals surface area contributed by atoms with Crippen LogP contribution in [0.5, 0.6) is 0 Å². The largest absolute Gasteiger partial charge is 0.305 e. The molecule has 3 aromatic rings. The third-order valence-corrected chi connectivity index (χ3v) is 5.64. The smallest absolute Gasteiger partial charge is 0.250 e. The van der Waals surface area contributed by atoms with Gasteiger partial charge in [0.2, 0.25) is 0 Å². The molecule has 0 unspecified atom stereocenters.